The van der Waals surface area contributed by atoms with E-state index in [0.717, 1.165) is 36.8 Å². The first-order chi connectivity index (χ1) is 21.2. The largest absolute Gasteiger partial charge is 0.489 e. The van der Waals surface area contributed by atoms with Gasteiger partial charge in [-0.3, -0.25) is 0 Å². The predicted molar refractivity (Wildman–Crippen MR) is 160 cm³/mol. The molecule has 2 aliphatic rings. The highest BCUT2D eigenvalue weighted by Gasteiger charge is 2.34. The van der Waals surface area contributed by atoms with Gasteiger partial charge in [-0.1, -0.05) is 37.1 Å². The molecule has 0 unspecified atom stereocenters. The van der Waals surface area contributed by atoms with Gasteiger partial charge >= 0.3 is 6.09 Å². The van der Waals surface area contributed by atoms with E-state index < -0.39 is 28.3 Å². The number of carbonyl (C=O) groups is 1. The van der Waals surface area contributed by atoms with Crippen molar-refractivity contribution in [3.05, 3.63) is 83.4 Å². The summed E-state index contributed by atoms with van der Waals surface area (Å²) < 4.78 is 45.5. The van der Waals surface area contributed by atoms with Crippen molar-refractivity contribution in [2.75, 3.05) is 19.9 Å². The van der Waals surface area contributed by atoms with E-state index in [2.05, 4.69) is 11.4 Å². The molecule has 2 atom stereocenters. The number of nitrogens with one attached hydrogen (secondary N) is 1. The molecule has 3 N–H and O–H groups in total. The molecule has 44 heavy (non-hydrogen) atoms. The molecule has 0 bridgehead atoms. The highest BCUT2D eigenvalue weighted by Crippen LogP contribution is 2.35. The van der Waals surface area contributed by atoms with Crippen LogP contribution in [0.5, 0.6) is 17.2 Å². The first-order valence-electron chi connectivity index (χ1n) is 14.5. The summed E-state index contributed by atoms with van der Waals surface area (Å²) in [6, 6.07) is 19.7. The number of rotatable bonds is 13. The highest BCUT2D eigenvalue weighted by molar-refractivity contribution is 7.89. The molecule has 5 rings (SSSR count). The lowest BCUT2D eigenvalue weighted by Crippen LogP contribution is -2.50. The standard InChI is InChI=1S/C32H35N3O8S/c33-17-24-6-3-7-25(14-24)20-41-26-10-8-22(9-11-26)15-28(34-32(37)38)29(36)19-35(18-23-4-1-2-5-23)44(39,40)27-12-13-30-31(16-27)43-21-42-30/h3,6-14,16,23,28-29,34,36H,1-2,4-5,15,18-21H2,(H,37,38)/t28-,29-/m0/s1. The second kappa shape index (κ2) is 14.0. The van der Waals surface area contributed by atoms with E-state index in [0.29, 0.717) is 22.8 Å². The van der Waals surface area contributed by atoms with Crippen LogP contribution in [0, 0.1) is 17.2 Å². The summed E-state index contributed by atoms with van der Waals surface area (Å²) in [4.78, 5) is 11.7. The third-order valence-electron chi connectivity index (χ3n) is 7.92. The number of aliphatic hydroxyl groups is 1. The summed E-state index contributed by atoms with van der Waals surface area (Å²) in [6.07, 6.45) is 1.27. The van der Waals surface area contributed by atoms with Crippen LogP contribution in [0.4, 0.5) is 4.79 Å². The summed E-state index contributed by atoms with van der Waals surface area (Å²) in [6.45, 7) is 0.207. The molecule has 12 heteroatoms. The fraction of sp³-hybridized carbons (Fsp3) is 0.375. The van der Waals surface area contributed by atoms with Gasteiger partial charge in [0.15, 0.2) is 11.5 Å². The van der Waals surface area contributed by atoms with Crippen molar-refractivity contribution in [3.8, 4) is 23.3 Å². The number of aliphatic hydroxyl groups excluding tert-OH is 1. The molecular weight excluding hydrogens is 586 g/mol. The monoisotopic (exact) mass is 621 g/mol. The topological polar surface area (TPSA) is 158 Å². The van der Waals surface area contributed by atoms with E-state index in [4.69, 9.17) is 19.5 Å². The Labute approximate surface area is 256 Å². The summed E-state index contributed by atoms with van der Waals surface area (Å²) in [5, 5.41) is 32.3. The minimum atomic E-state index is -4.05. The summed E-state index contributed by atoms with van der Waals surface area (Å²) in [5.41, 5.74) is 2.12. The fourth-order valence-corrected chi connectivity index (χ4v) is 7.14. The molecule has 0 radical (unpaired) electrons. The zero-order valence-corrected chi connectivity index (χ0v) is 24.9. The molecule has 1 fully saturated rings. The predicted octanol–water partition coefficient (Wildman–Crippen LogP) is 4.29. The van der Waals surface area contributed by atoms with Gasteiger partial charge in [-0.2, -0.15) is 9.57 Å². The van der Waals surface area contributed by atoms with Crippen LogP contribution in [0.15, 0.2) is 71.6 Å². The van der Waals surface area contributed by atoms with Crippen molar-refractivity contribution in [3.63, 3.8) is 0 Å². The van der Waals surface area contributed by atoms with Gasteiger partial charge in [-0.05, 0) is 72.7 Å². The Morgan fingerprint density at radius 2 is 1.80 bits per heavy atom. The Morgan fingerprint density at radius 1 is 1.05 bits per heavy atom. The normalized spacial score (nSPS) is 15.9. The van der Waals surface area contributed by atoms with Crippen LogP contribution in [0.25, 0.3) is 0 Å². The molecule has 1 saturated carbocycles. The maximum atomic E-state index is 13.8. The number of nitrogens with zero attached hydrogens (tertiary/aromatic N) is 2. The first-order valence-corrected chi connectivity index (χ1v) is 15.9. The van der Waals surface area contributed by atoms with Gasteiger partial charge < -0.3 is 29.7 Å². The molecule has 1 heterocycles. The van der Waals surface area contributed by atoms with E-state index in [9.17, 15) is 23.4 Å². The fourth-order valence-electron chi connectivity index (χ4n) is 5.59. The lowest BCUT2D eigenvalue weighted by molar-refractivity contribution is 0.0971. The lowest BCUT2D eigenvalue weighted by Gasteiger charge is -2.30. The third-order valence-corrected chi connectivity index (χ3v) is 9.75. The minimum absolute atomic E-state index is 0.00911. The number of amides is 1. The van der Waals surface area contributed by atoms with Crippen molar-refractivity contribution >= 4 is 16.1 Å². The van der Waals surface area contributed by atoms with Gasteiger partial charge in [0, 0.05) is 19.2 Å². The summed E-state index contributed by atoms with van der Waals surface area (Å²) in [7, 11) is -4.05. The Hall–Kier alpha value is -4.31. The van der Waals surface area contributed by atoms with Crippen molar-refractivity contribution in [2.24, 2.45) is 5.92 Å². The molecule has 232 valence electrons. The van der Waals surface area contributed by atoms with Gasteiger partial charge in [-0.15, -0.1) is 0 Å². The van der Waals surface area contributed by atoms with E-state index in [1.807, 2.05) is 6.07 Å². The van der Waals surface area contributed by atoms with Crippen molar-refractivity contribution in [1.82, 2.24) is 9.62 Å². The molecule has 1 aliphatic carbocycles. The molecule has 1 aliphatic heterocycles. The number of benzene rings is 3. The van der Waals surface area contributed by atoms with Crippen LogP contribution in [-0.2, 0) is 23.1 Å². The van der Waals surface area contributed by atoms with E-state index in [1.165, 1.54) is 16.4 Å². The molecule has 3 aromatic carbocycles. The van der Waals surface area contributed by atoms with Gasteiger partial charge in [0.2, 0.25) is 16.8 Å². The first kappa shape index (κ1) is 31.1. The number of carboxylic acid groups (broad SMARTS) is 1. The van der Waals surface area contributed by atoms with Crippen LogP contribution in [-0.4, -0.2) is 61.1 Å². The Morgan fingerprint density at radius 3 is 2.52 bits per heavy atom. The molecule has 0 aromatic heterocycles. The maximum Gasteiger partial charge on any atom is 0.404 e. The minimum Gasteiger partial charge on any atom is -0.489 e. The van der Waals surface area contributed by atoms with Crippen LogP contribution in [0.2, 0.25) is 0 Å². The smallest absolute Gasteiger partial charge is 0.404 e. The Kier molecular flexibility index (Phi) is 9.89. The SMILES string of the molecule is N#Cc1cccc(COc2ccc(C[C@H](NC(=O)O)[C@@H](O)CN(CC3CCCC3)S(=O)(=O)c3ccc4c(c3)OCO4)cc2)c1. The van der Waals surface area contributed by atoms with E-state index in [1.54, 1.807) is 48.5 Å². The van der Waals surface area contributed by atoms with E-state index >= 15 is 0 Å². The van der Waals surface area contributed by atoms with Crippen molar-refractivity contribution < 1.29 is 37.6 Å². The Balaban J connectivity index is 1.29. The number of fused-ring (bicyclic) bond motifs is 1. The van der Waals surface area contributed by atoms with Gasteiger partial charge in [0.25, 0.3) is 0 Å². The molecule has 0 saturated heterocycles. The average molecular weight is 622 g/mol. The van der Waals surface area contributed by atoms with Crippen LogP contribution < -0.4 is 19.5 Å². The van der Waals surface area contributed by atoms with Crippen LogP contribution in [0.1, 0.15) is 42.4 Å². The van der Waals surface area contributed by atoms with Crippen LogP contribution in [0.3, 0.4) is 0 Å². The second-order valence-electron chi connectivity index (χ2n) is 11.1. The van der Waals surface area contributed by atoms with Crippen molar-refractivity contribution in [2.45, 2.75) is 55.8 Å². The van der Waals surface area contributed by atoms with E-state index in [-0.39, 0.29) is 43.7 Å². The molecular formula is C32H35N3O8S. The summed E-state index contributed by atoms with van der Waals surface area (Å²) in [5.74, 6) is 1.52. The number of sulfonamides is 1. The molecule has 1 amide bonds. The number of nitriles is 1. The van der Waals surface area contributed by atoms with Gasteiger partial charge in [-0.25, -0.2) is 13.2 Å². The molecule has 0 spiro atoms. The number of ether oxygens (including phenoxy) is 3. The van der Waals surface area contributed by atoms with Crippen LogP contribution >= 0.6 is 0 Å². The second-order valence-corrected chi connectivity index (χ2v) is 13.0. The Bertz CT molecular complexity index is 1600. The maximum absolute atomic E-state index is 13.8. The highest BCUT2D eigenvalue weighted by atomic mass is 32.2. The van der Waals surface area contributed by atoms with Gasteiger partial charge in [0.1, 0.15) is 12.4 Å². The number of hydrogen-bond acceptors (Lipinski definition) is 8. The van der Waals surface area contributed by atoms with Gasteiger partial charge in [0.05, 0.1) is 28.7 Å². The third kappa shape index (κ3) is 7.79. The zero-order valence-electron chi connectivity index (χ0n) is 24.1. The number of hydrogen-bond donors (Lipinski definition) is 3. The lowest BCUT2D eigenvalue weighted by atomic mass is 10.0. The quantitative estimate of drug-likeness (QED) is 0.253. The molecule has 11 nitrogen and oxygen atoms in total. The van der Waals surface area contributed by atoms with Crippen molar-refractivity contribution in [1.29, 1.82) is 5.26 Å². The molecule has 3 aromatic rings. The average Bonchev–Trinajstić information content (AvgIpc) is 3.72. The zero-order chi connectivity index (χ0) is 31.1. The summed E-state index contributed by atoms with van der Waals surface area (Å²) >= 11 is 0.